The minimum atomic E-state index is -0.613. The number of benzene rings is 2. The van der Waals surface area contributed by atoms with Gasteiger partial charge in [0, 0.05) is 18.7 Å². The SMILES string of the molecule is Nc1nc(OCCF)c2cc(-c3ccc(C(=O)N4CCCCC4)cc3)ccc2n1. The summed E-state index contributed by atoms with van der Waals surface area (Å²) in [4.78, 5) is 22.9. The van der Waals surface area contributed by atoms with Crippen molar-refractivity contribution in [2.75, 3.05) is 32.1 Å². The van der Waals surface area contributed by atoms with Crippen molar-refractivity contribution in [1.29, 1.82) is 0 Å². The van der Waals surface area contributed by atoms with Gasteiger partial charge in [-0.25, -0.2) is 9.37 Å². The fraction of sp³-hybridized carbons (Fsp3) is 0.318. The molecule has 7 heteroatoms. The Kier molecular flexibility index (Phi) is 5.55. The third kappa shape index (κ3) is 4.13. The molecule has 1 amide bonds. The fourth-order valence-corrected chi connectivity index (χ4v) is 3.63. The summed E-state index contributed by atoms with van der Waals surface area (Å²) in [6.07, 6.45) is 3.33. The average Bonchev–Trinajstić information content (AvgIpc) is 2.77. The number of ether oxygens (including phenoxy) is 1. The Morgan fingerprint density at radius 2 is 1.76 bits per heavy atom. The number of nitrogens with two attached hydrogens (primary N) is 1. The van der Waals surface area contributed by atoms with E-state index in [1.165, 1.54) is 6.42 Å². The first kappa shape index (κ1) is 19.1. The normalized spacial score (nSPS) is 14.2. The molecule has 2 N–H and O–H groups in total. The van der Waals surface area contributed by atoms with E-state index in [2.05, 4.69) is 9.97 Å². The van der Waals surface area contributed by atoms with Gasteiger partial charge in [-0.1, -0.05) is 18.2 Å². The van der Waals surface area contributed by atoms with Crippen LogP contribution in [-0.4, -0.2) is 47.1 Å². The Morgan fingerprint density at radius 3 is 2.48 bits per heavy atom. The van der Waals surface area contributed by atoms with Gasteiger partial charge in [-0.3, -0.25) is 4.79 Å². The molecule has 0 aliphatic carbocycles. The van der Waals surface area contributed by atoms with E-state index in [1.807, 2.05) is 47.4 Å². The largest absolute Gasteiger partial charge is 0.474 e. The van der Waals surface area contributed by atoms with Gasteiger partial charge in [0.25, 0.3) is 5.91 Å². The molecule has 1 aromatic heterocycles. The van der Waals surface area contributed by atoms with Crippen LogP contribution in [0.4, 0.5) is 10.3 Å². The second-order valence-corrected chi connectivity index (χ2v) is 7.09. The molecule has 4 rings (SSSR count). The summed E-state index contributed by atoms with van der Waals surface area (Å²) < 4.78 is 17.9. The zero-order valence-corrected chi connectivity index (χ0v) is 16.1. The van der Waals surface area contributed by atoms with E-state index >= 15 is 0 Å². The summed E-state index contributed by atoms with van der Waals surface area (Å²) in [6, 6.07) is 13.2. The van der Waals surface area contributed by atoms with E-state index in [0.717, 1.165) is 37.1 Å². The molecule has 29 heavy (non-hydrogen) atoms. The number of alkyl halides is 1. The molecule has 2 heterocycles. The summed E-state index contributed by atoms with van der Waals surface area (Å²) >= 11 is 0. The molecular formula is C22H23FN4O2. The van der Waals surface area contributed by atoms with Gasteiger partial charge in [-0.15, -0.1) is 0 Å². The lowest BCUT2D eigenvalue weighted by atomic mass is 10.0. The highest BCUT2D eigenvalue weighted by Gasteiger charge is 2.18. The van der Waals surface area contributed by atoms with Gasteiger partial charge in [0.1, 0.15) is 13.3 Å². The molecule has 0 spiro atoms. The predicted molar refractivity (Wildman–Crippen MR) is 111 cm³/mol. The highest BCUT2D eigenvalue weighted by molar-refractivity contribution is 5.95. The van der Waals surface area contributed by atoms with E-state index in [-0.39, 0.29) is 24.3 Å². The molecule has 1 aliphatic heterocycles. The minimum absolute atomic E-state index is 0.0830. The summed E-state index contributed by atoms with van der Waals surface area (Å²) in [7, 11) is 0. The molecule has 0 atom stereocenters. The van der Waals surface area contributed by atoms with Gasteiger partial charge in [-0.2, -0.15) is 4.98 Å². The van der Waals surface area contributed by atoms with Crippen molar-refractivity contribution in [1.82, 2.24) is 14.9 Å². The number of amides is 1. The van der Waals surface area contributed by atoms with E-state index in [4.69, 9.17) is 10.5 Å². The van der Waals surface area contributed by atoms with Crippen LogP contribution in [0.5, 0.6) is 5.88 Å². The van der Waals surface area contributed by atoms with E-state index in [9.17, 15) is 9.18 Å². The molecule has 2 aromatic carbocycles. The molecule has 6 nitrogen and oxygen atoms in total. The first-order chi connectivity index (χ1) is 14.2. The quantitative estimate of drug-likeness (QED) is 0.711. The molecule has 0 bridgehead atoms. The van der Waals surface area contributed by atoms with Crippen molar-refractivity contribution in [2.45, 2.75) is 19.3 Å². The molecule has 1 aliphatic rings. The number of likely N-dealkylation sites (tertiary alicyclic amines) is 1. The number of carbonyl (C=O) groups excluding carboxylic acids is 1. The first-order valence-electron chi connectivity index (χ1n) is 9.81. The molecule has 150 valence electrons. The molecule has 3 aromatic rings. The van der Waals surface area contributed by atoms with Crippen LogP contribution in [0.25, 0.3) is 22.0 Å². The second kappa shape index (κ2) is 8.43. The maximum atomic E-state index is 12.6. The number of fused-ring (bicyclic) bond motifs is 1. The summed E-state index contributed by atoms with van der Waals surface area (Å²) in [5.74, 6) is 0.434. The average molecular weight is 394 g/mol. The van der Waals surface area contributed by atoms with Gasteiger partial charge in [0.05, 0.1) is 10.9 Å². The van der Waals surface area contributed by atoms with Crippen LogP contribution in [0.1, 0.15) is 29.6 Å². The van der Waals surface area contributed by atoms with Crippen LogP contribution in [0, 0.1) is 0 Å². The van der Waals surface area contributed by atoms with E-state index < -0.39 is 6.67 Å². The maximum absolute atomic E-state index is 12.6. The van der Waals surface area contributed by atoms with Gasteiger partial charge in [0.2, 0.25) is 11.8 Å². The summed E-state index contributed by atoms with van der Waals surface area (Å²) in [5, 5.41) is 0.665. The Morgan fingerprint density at radius 1 is 1.03 bits per heavy atom. The molecular weight excluding hydrogens is 371 g/mol. The smallest absolute Gasteiger partial charge is 0.253 e. The van der Waals surface area contributed by atoms with E-state index in [1.54, 1.807) is 0 Å². The lowest BCUT2D eigenvalue weighted by Crippen LogP contribution is -2.35. The number of piperidine rings is 1. The summed E-state index contributed by atoms with van der Waals surface area (Å²) in [5.41, 5.74) is 8.92. The monoisotopic (exact) mass is 394 g/mol. The Hall–Kier alpha value is -3.22. The van der Waals surface area contributed by atoms with Crippen molar-refractivity contribution in [3.8, 4) is 17.0 Å². The Bertz CT molecular complexity index is 1020. The number of nitrogen functional groups attached to an aromatic ring is 1. The predicted octanol–water partition coefficient (Wildman–Crippen LogP) is 3.85. The minimum Gasteiger partial charge on any atom is -0.474 e. The number of hydrogen-bond acceptors (Lipinski definition) is 5. The lowest BCUT2D eigenvalue weighted by Gasteiger charge is -2.26. The number of nitrogens with zero attached hydrogens (tertiary/aromatic N) is 3. The molecule has 0 radical (unpaired) electrons. The molecule has 1 saturated heterocycles. The number of anilines is 1. The van der Waals surface area contributed by atoms with Gasteiger partial charge in [0.15, 0.2) is 0 Å². The second-order valence-electron chi connectivity index (χ2n) is 7.09. The van der Waals surface area contributed by atoms with Crippen molar-refractivity contribution in [2.24, 2.45) is 0 Å². The number of halogens is 1. The standard InChI is InChI=1S/C22H23FN4O2/c23-10-13-29-20-18-14-17(8-9-19(18)25-22(24)26-20)15-4-6-16(7-5-15)21(28)27-11-2-1-3-12-27/h4-9,14H,1-3,10-13H2,(H2,24,25,26). The van der Waals surface area contributed by atoms with Crippen molar-refractivity contribution in [3.63, 3.8) is 0 Å². The third-order valence-corrected chi connectivity index (χ3v) is 5.10. The molecule has 0 saturated carbocycles. The summed E-state index contributed by atoms with van der Waals surface area (Å²) in [6.45, 7) is 0.951. The fourth-order valence-electron chi connectivity index (χ4n) is 3.63. The Balaban J connectivity index is 1.62. The van der Waals surface area contributed by atoms with Crippen LogP contribution < -0.4 is 10.5 Å². The van der Waals surface area contributed by atoms with Crippen molar-refractivity contribution >= 4 is 22.8 Å². The maximum Gasteiger partial charge on any atom is 0.253 e. The van der Waals surface area contributed by atoms with Crippen molar-refractivity contribution < 1.29 is 13.9 Å². The first-order valence-corrected chi connectivity index (χ1v) is 9.81. The highest BCUT2D eigenvalue weighted by atomic mass is 19.1. The van der Waals surface area contributed by atoms with E-state index in [0.29, 0.717) is 16.5 Å². The topological polar surface area (TPSA) is 81.3 Å². The van der Waals surface area contributed by atoms with Crippen LogP contribution in [0.15, 0.2) is 42.5 Å². The number of hydrogen-bond donors (Lipinski definition) is 1. The Labute approximate surface area is 168 Å². The van der Waals surface area contributed by atoms with Crippen LogP contribution in [0.2, 0.25) is 0 Å². The van der Waals surface area contributed by atoms with Gasteiger partial charge < -0.3 is 15.4 Å². The van der Waals surface area contributed by atoms with Crippen molar-refractivity contribution in [3.05, 3.63) is 48.0 Å². The van der Waals surface area contributed by atoms with Gasteiger partial charge >= 0.3 is 0 Å². The molecule has 1 fully saturated rings. The number of carbonyl (C=O) groups is 1. The van der Waals surface area contributed by atoms with Crippen LogP contribution >= 0.6 is 0 Å². The third-order valence-electron chi connectivity index (χ3n) is 5.10. The zero-order chi connectivity index (χ0) is 20.2. The zero-order valence-electron chi connectivity index (χ0n) is 16.1. The highest BCUT2D eigenvalue weighted by Crippen LogP contribution is 2.29. The molecule has 0 unspecified atom stereocenters. The number of rotatable bonds is 5. The lowest BCUT2D eigenvalue weighted by molar-refractivity contribution is 0.0724. The van der Waals surface area contributed by atoms with Gasteiger partial charge in [-0.05, 0) is 54.7 Å². The number of aromatic nitrogens is 2. The van der Waals surface area contributed by atoms with Crippen LogP contribution in [0.3, 0.4) is 0 Å². The van der Waals surface area contributed by atoms with Crippen LogP contribution in [-0.2, 0) is 0 Å².